The van der Waals surface area contributed by atoms with Gasteiger partial charge in [0.25, 0.3) is 0 Å². The van der Waals surface area contributed by atoms with Gasteiger partial charge in [0.15, 0.2) is 0 Å². The molecule has 58 valence electrons. The molecular weight excluding hydrogens is 154 g/mol. The first-order valence-corrected chi connectivity index (χ1v) is 4.07. The SMILES string of the molecule is CCN=Cc1ccccc1S. The van der Waals surface area contributed by atoms with Gasteiger partial charge in [0.05, 0.1) is 0 Å². The molecule has 0 amide bonds. The summed E-state index contributed by atoms with van der Waals surface area (Å²) in [7, 11) is 0. The van der Waals surface area contributed by atoms with Crippen LogP contribution in [0.25, 0.3) is 0 Å². The molecule has 0 saturated carbocycles. The molecular formula is C9H11NS. The van der Waals surface area contributed by atoms with Gasteiger partial charge >= 0.3 is 0 Å². The standard InChI is InChI=1S/C9H11NS/c1-2-10-7-8-5-3-4-6-9(8)11/h3-7,11H,2H2,1H3. The third-order valence-corrected chi connectivity index (χ3v) is 1.76. The van der Waals surface area contributed by atoms with Crippen LogP contribution >= 0.6 is 12.6 Å². The minimum atomic E-state index is 0.822. The maximum atomic E-state index is 4.28. The normalized spacial score (nSPS) is 10.7. The first-order chi connectivity index (χ1) is 5.34. The van der Waals surface area contributed by atoms with Crippen molar-refractivity contribution in [2.24, 2.45) is 4.99 Å². The van der Waals surface area contributed by atoms with Crippen LogP contribution in [-0.2, 0) is 0 Å². The van der Waals surface area contributed by atoms with Crippen molar-refractivity contribution >= 4 is 18.8 Å². The van der Waals surface area contributed by atoms with E-state index >= 15 is 0 Å². The number of thiol groups is 1. The second-order valence-corrected chi connectivity index (χ2v) is 2.67. The van der Waals surface area contributed by atoms with Gasteiger partial charge in [-0.1, -0.05) is 18.2 Å². The van der Waals surface area contributed by atoms with Crippen LogP contribution in [0.5, 0.6) is 0 Å². The van der Waals surface area contributed by atoms with E-state index in [4.69, 9.17) is 0 Å². The molecule has 2 heteroatoms. The number of benzene rings is 1. The first kappa shape index (κ1) is 8.34. The summed E-state index contributed by atoms with van der Waals surface area (Å²) in [6, 6.07) is 7.91. The van der Waals surface area contributed by atoms with E-state index < -0.39 is 0 Å². The van der Waals surface area contributed by atoms with Crippen molar-refractivity contribution in [3.63, 3.8) is 0 Å². The zero-order valence-corrected chi connectivity index (χ0v) is 7.38. The molecule has 0 N–H and O–H groups in total. The molecule has 0 heterocycles. The number of hydrogen-bond donors (Lipinski definition) is 1. The Kier molecular flexibility index (Phi) is 3.17. The summed E-state index contributed by atoms with van der Waals surface area (Å²) < 4.78 is 0. The van der Waals surface area contributed by atoms with E-state index in [0.29, 0.717) is 0 Å². The number of aliphatic imine (C=N–C) groups is 1. The van der Waals surface area contributed by atoms with Gasteiger partial charge in [-0.15, -0.1) is 12.6 Å². The molecule has 1 aromatic rings. The fourth-order valence-corrected chi connectivity index (χ4v) is 1.00. The Bertz CT molecular complexity index is 255. The maximum absolute atomic E-state index is 4.28. The lowest BCUT2D eigenvalue weighted by atomic mass is 10.2. The Balaban J connectivity index is 2.86. The van der Waals surface area contributed by atoms with Crippen LogP contribution in [0.15, 0.2) is 34.2 Å². The summed E-state index contributed by atoms with van der Waals surface area (Å²) >= 11 is 4.28. The topological polar surface area (TPSA) is 12.4 Å². The van der Waals surface area contributed by atoms with Gasteiger partial charge in [-0.3, -0.25) is 4.99 Å². The largest absolute Gasteiger partial charge is 0.293 e. The molecule has 0 aromatic heterocycles. The van der Waals surface area contributed by atoms with Crippen LogP contribution in [0.1, 0.15) is 12.5 Å². The zero-order chi connectivity index (χ0) is 8.10. The molecule has 0 aliphatic rings. The predicted molar refractivity (Wildman–Crippen MR) is 51.8 cm³/mol. The zero-order valence-electron chi connectivity index (χ0n) is 6.49. The molecule has 0 bridgehead atoms. The monoisotopic (exact) mass is 165 g/mol. The molecule has 1 nitrogen and oxygen atoms in total. The first-order valence-electron chi connectivity index (χ1n) is 3.62. The number of nitrogens with zero attached hydrogens (tertiary/aromatic N) is 1. The van der Waals surface area contributed by atoms with E-state index in [9.17, 15) is 0 Å². The van der Waals surface area contributed by atoms with Crippen LogP contribution < -0.4 is 0 Å². The van der Waals surface area contributed by atoms with Crippen molar-refractivity contribution in [3.05, 3.63) is 29.8 Å². The van der Waals surface area contributed by atoms with Gasteiger partial charge in [-0.05, 0) is 13.0 Å². The third kappa shape index (κ3) is 2.39. The van der Waals surface area contributed by atoms with Crippen LogP contribution in [0, 0.1) is 0 Å². The quantitative estimate of drug-likeness (QED) is 0.510. The molecule has 0 fully saturated rings. The molecule has 0 atom stereocenters. The fraction of sp³-hybridized carbons (Fsp3) is 0.222. The highest BCUT2D eigenvalue weighted by molar-refractivity contribution is 7.80. The van der Waals surface area contributed by atoms with Crippen molar-refractivity contribution < 1.29 is 0 Å². The lowest BCUT2D eigenvalue weighted by Crippen LogP contribution is -1.83. The number of rotatable bonds is 2. The average molecular weight is 165 g/mol. The summed E-state index contributed by atoms with van der Waals surface area (Å²) in [5, 5.41) is 0. The van der Waals surface area contributed by atoms with Crippen LogP contribution in [0.3, 0.4) is 0 Å². The van der Waals surface area contributed by atoms with Gasteiger partial charge in [0, 0.05) is 23.2 Å². The summed E-state index contributed by atoms with van der Waals surface area (Å²) in [5.41, 5.74) is 1.08. The van der Waals surface area contributed by atoms with Gasteiger partial charge in [-0.2, -0.15) is 0 Å². The highest BCUT2D eigenvalue weighted by atomic mass is 32.1. The second kappa shape index (κ2) is 4.19. The minimum Gasteiger partial charge on any atom is -0.293 e. The molecule has 0 aliphatic heterocycles. The van der Waals surface area contributed by atoms with Gasteiger partial charge < -0.3 is 0 Å². The highest BCUT2D eigenvalue weighted by Crippen LogP contribution is 2.09. The highest BCUT2D eigenvalue weighted by Gasteiger charge is 1.90. The van der Waals surface area contributed by atoms with Gasteiger partial charge in [0.1, 0.15) is 0 Å². The van der Waals surface area contributed by atoms with E-state index in [1.54, 1.807) is 0 Å². The van der Waals surface area contributed by atoms with Crippen LogP contribution in [-0.4, -0.2) is 12.8 Å². The van der Waals surface area contributed by atoms with Crippen LogP contribution in [0.2, 0.25) is 0 Å². The molecule has 0 radical (unpaired) electrons. The minimum absolute atomic E-state index is 0.822. The van der Waals surface area contributed by atoms with Gasteiger partial charge in [-0.25, -0.2) is 0 Å². The van der Waals surface area contributed by atoms with E-state index in [2.05, 4.69) is 17.6 Å². The smallest absolute Gasteiger partial charge is 0.0361 e. The Hall–Kier alpha value is -0.760. The molecule has 0 saturated heterocycles. The number of hydrogen-bond acceptors (Lipinski definition) is 2. The lowest BCUT2D eigenvalue weighted by molar-refractivity contribution is 1.14. The molecule has 1 rings (SSSR count). The summed E-state index contributed by atoms with van der Waals surface area (Å²) in [6.45, 7) is 2.83. The lowest BCUT2D eigenvalue weighted by Gasteiger charge is -1.95. The summed E-state index contributed by atoms with van der Waals surface area (Å²) in [4.78, 5) is 5.11. The van der Waals surface area contributed by atoms with E-state index in [1.807, 2.05) is 37.4 Å². The molecule has 1 aromatic carbocycles. The Morgan fingerprint density at radius 1 is 1.45 bits per heavy atom. The Morgan fingerprint density at radius 2 is 2.18 bits per heavy atom. The van der Waals surface area contributed by atoms with Crippen molar-refractivity contribution in [2.45, 2.75) is 11.8 Å². The summed E-state index contributed by atoms with van der Waals surface area (Å²) in [6.07, 6.45) is 1.85. The molecule has 0 spiro atoms. The molecule has 0 unspecified atom stereocenters. The van der Waals surface area contributed by atoms with Gasteiger partial charge in [0.2, 0.25) is 0 Å². The van der Waals surface area contributed by atoms with Crippen LogP contribution in [0.4, 0.5) is 0 Å². The summed E-state index contributed by atoms with van der Waals surface area (Å²) in [5.74, 6) is 0. The molecule has 11 heavy (non-hydrogen) atoms. The maximum Gasteiger partial charge on any atom is 0.0361 e. The Morgan fingerprint density at radius 3 is 2.82 bits per heavy atom. The predicted octanol–water partition coefficient (Wildman–Crippen LogP) is 2.41. The van der Waals surface area contributed by atoms with E-state index in [0.717, 1.165) is 17.0 Å². The second-order valence-electron chi connectivity index (χ2n) is 2.19. The Labute approximate surface area is 72.6 Å². The van der Waals surface area contributed by atoms with Crippen molar-refractivity contribution in [3.8, 4) is 0 Å². The fourth-order valence-electron chi connectivity index (χ4n) is 0.786. The van der Waals surface area contributed by atoms with Crippen molar-refractivity contribution in [1.29, 1.82) is 0 Å². The third-order valence-electron chi connectivity index (χ3n) is 1.35. The van der Waals surface area contributed by atoms with Crippen molar-refractivity contribution in [1.82, 2.24) is 0 Å². The average Bonchev–Trinajstić information content (AvgIpc) is 2.03. The molecule has 0 aliphatic carbocycles. The van der Waals surface area contributed by atoms with E-state index in [1.165, 1.54) is 0 Å². The van der Waals surface area contributed by atoms with Crippen molar-refractivity contribution in [2.75, 3.05) is 6.54 Å². The van der Waals surface area contributed by atoms with E-state index in [-0.39, 0.29) is 0 Å².